The molecule has 8 nitrogen and oxygen atoms in total. The van der Waals surface area contributed by atoms with Gasteiger partial charge in [0, 0.05) is 54.9 Å². The zero-order chi connectivity index (χ0) is 23.4. The number of aromatic nitrogens is 1. The van der Waals surface area contributed by atoms with Crippen molar-refractivity contribution in [2.75, 3.05) is 26.7 Å². The van der Waals surface area contributed by atoms with E-state index >= 15 is 0 Å². The van der Waals surface area contributed by atoms with Crippen LogP contribution in [0.1, 0.15) is 25.0 Å². The topological polar surface area (TPSA) is 114 Å². The van der Waals surface area contributed by atoms with E-state index in [1.807, 2.05) is 4.90 Å². The molecule has 0 fully saturated rings. The Hall–Kier alpha value is -3.39. The number of benzene rings is 1. The highest BCUT2D eigenvalue weighted by molar-refractivity contribution is 5.99. The molecule has 1 aromatic carbocycles. The van der Waals surface area contributed by atoms with Crippen LogP contribution in [0.25, 0.3) is 16.5 Å². The first kappa shape index (κ1) is 23.3. The predicted molar refractivity (Wildman–Crippen MR) is 122 cm³/mol. The molecule has 0 saturated carbocycles. The number of likely N-dealkylation sites (N-methyl/N-ethyl adjacent to an activating group) is 1. The third-order valence-electron chi connectivity index (χ3n) is 6.03. The molecule has 2 aromatic rings. The van der Waals surface area contributed by atoms with Crippen molar-refractivity contribution >= 4 is 34.3 Å². The number of hydrogen-bond donors (Lipinski definition) is 3. The molecule has 1 aromatic heterocycles. The molecule has 2 unspecified atom stereocenters. The Balaban J connectivity index is 0.000000312. The molecule has 2 heterocycles. The minimum atomic E-state index is -1.26. The Bertz CT molecular complexity index is 1060. The lowest BCUT2D eigenvalue weighted by molar-refractivity contribution is -0.134. The number of aromatic amines is 1. The summed E-state index contributed by atoms with van der Waals surface area (Å²) in [5.41, 5.74) is 5.21. The van der Waals surface area contributed by atoms with Crippen molar-refractivity contribution in [1.29, 1.82) is 0 Å². The maximum atomic E-state index is 12.9. The molecule has 170 valence electrons. The van der Waals surface area contributed by atoms with Crippen molar-refractivity contribution in [2.45, 2.75) is 26.3 Å². The molecule has 4 rings (SSSR count). The van der Waals surface area contributed by atoms with E-state index in [0.29, 0.717) is 18.2 Å². The van der Waals surface area contributed by atoms with Gasteiger partial charge in [-0.3, -0.25) is 9.69 Å². The number of amides is 1. The number of nitrogens with one attached hydrogen (secondary N) is 1. The van der Waals surface area contributed by atoms with Gasteiger partial charge >= 0.3 is 11.9 Å². The van der Waals surface area contributed by atoms with E-state index in [1.165, 1.54) is 27.6 Å². The first-order chi connectivity index (χ1) is 15.3. The zero-order valence-corrected chi connectivity index (χ0v) is 18.5. The van der Waals surface area contributed by atoms with Crippen LogP contribution in [0.15, 0.2) is 42.6 Å². The molecule has 0 radical (unpaired) electrons. The zero-order valence-electron chi connectivity index (χ0n) is 18.5. The van der Waals surface area contributed by atoms with Gasteiger partial charge in [-0.15, -0.1) is 0 Å². The molecular formula is C24H29N3O5. The number of H-pyrrole nitrogens is 1. The molecule has 2 aliphatic rings. The summed E-state index contributed by atoms with van der Waals surface area (Å²) in [6, 6.07) is 6.82. The van der Waals surface area contributed by atoms with Crippen LogP contribution >= 0.6 is 0 Å². The number of fused-ring (bicyclic) bond motifs is 2. The van der Waals surface area contributed by atoms with Crippen molar-refractivity contribution in [3.8, 4) is 0 Å². The van der Waals surface area contributed by atoms with Crippen molar-refractivity contribution in [3.63, 3.8) is 0 Å². The van der Waals surface area contributed by atoms with Crippen LogP contribution < -0.4 is 0 Å². The maximum Gasteiger partial charge on any atom is 0.328 e. The van der Waals surface area contributed by atoms with Gasteiger partial charge in [0.25, 0.3) is 0 Å². The summed E-state index contributed by atoms with van der Waals surface area (Å²) in [5, 5.41) is 17.0. The summed E-state index contributed by atoms with van der Waals surface area (Å²) < 4.78 is 0. The average molecular weight is 440 g/mol. The van der Waals surface area contributed by atoms with Gasteiger partial charge in [-0.2, -0.15) is 0 Å². The predicted octanol–water partition coefficient (Wildman–Crippen LogP) is 2.62. The second-order valence-electron chi connectivity index (χ2n) is 7.95. The monoisotopic (exact) mass is 439 g/mol. The van der Waals surface area contributed by atoms with Crippen molar-refractivity contribution in [2.24, 2.45) is 5.92 Å². The fourth-order valence-electron chi connectivity index (χ4n) is 4.52. The van der Waals surface area contributed by atoms with Gasteiger partial charge in [0.1, 0.15) is 0 Å². The molecular weight excluding hydrogens is 410 g/mol. The number of hydrogen-bond acceptors (Lipinski definition) is 4. The number of rotatable bonds is 5. The lowest BCUT2D eigenvalue weighted by Gasteiger charge is -2.40. The van der Waals surface area contributed by atoms with Crippen LogP contribution in [0.5, 0.6) is 0 Å². The van der Waals surface area contributed by atoms with E-state index in [2.05, 4.69) is 61.3 Å². The summed E-state index contributed by atoms with van der Waals surface area (Å²) in [4.78, 5) is 39.7. The molecule has 32 heavy (non-hydrogen) atoms. The van der Waals surface area contributed by atoms with Gasteiger partial charge in [0.15, 0.2) is 0 Å². The fraction of sp³-hybridized carbons (Fsp3) is 0.375. The second-order valence-corrected chi connectivity index (χ2v) is 7.95. The molecule has 1 aliphatic carbocycles. The first-order valence-corrected chi connectivity index (χ1v) is 10.7. The average Bonchev–Trinajstić information content (AvgIpc) is 3.18. The highest BCUT2D eigenvalue weighted by Gasteiger charge is 2.36. The van der Waals surface area contributed by atoms with Crippen LogP contribution in [0.4, 0.5) is 0 Å². The molecule has 1 amide bonds. The highest BCUT2D eigenvalue weighted by Crippen LogP contribution is 2.40. The number of aliphatic carboxylic acids is 2. The van der Waals surface area contributed by atoms with Gasteiger partial charge in [-0.1, -0.05) is 18.2 Å². The van der Waals surface area contributed by atoms with Gasteiger partial charge in [-0.05, 0) is 50.1 Å². The Kier molecular flexibility index (Phi) is 7.15. The van der Waals surface area contributed by atoms with Crippen molar-refractivity contribution in [3.05, 3.63) is 53.8 Å². The number of carboxylic acid groups (broad SMARTS) is 2. The Morgan fingerprint density at radius 3 is 2.41 bits per heavy atom. The molecule has 0 spiro atoms. The lowest BCUT2D eigenvalue weighted by Crippen LogP contribution is -2.47. The van der Waals surface area contributed by atoms with Crippen LogP contribution in [-0.4, -0.2) is 75.6 Å². The summed E-state index contributed by atoms with van der Waals surface area (Å²) in [7, 11) is 2.15. The van der Waals surface area contributed by atoms with E-state index in [0.717, 1.165) is 26.1 Å². The van der Waals surface area contributed by atoms with Crippen molar-refractivity contribution in [1.82, 2.24) is 14.8 Å². The van der Waals surface area contributed by atoms with Crippen LogP contribution in [-0.2, 0) is 20.8 Å². The smallest absolute Gasteiger partial charge is 0.328 e. The normalized spacial score (nSPS) is 19.7. The van der Waals surface area contributed by atoms with E-state index in [4.69, 9.17) is 10.2 Å². The van der Waals surface area contributed by atoms with Gasteiger partial charge in [0.05, 0.1) is 5.92 Å². The van der Waals surface area contributed by atoms with Gasteiger partial charge < -0.3 is 20.1 Å². The quantitative estimate of drug-likeness (QED) is 0.617. The summed E-state index contributed by atoms with van der Waals surface area (Å²) in [6.45, 7) is 6.47. The SMILES string of the molecule is CCN(CC)C(=O)C1C=C2c3cccc4[nH]cc(c34)CC2N(C)C1.O=C(O)C=CC(=O)O. The summed E-state index contributed by atoms with van der Waals surface area (Å²) in [6.07, 6.45) is 6.53. The molecule has 3 N–H and O–H groups in total. The van der Waals surface area contributed by atoms with Gasteiger partial charge in [0.2, 0.25) is 5.91 Å². The Labute approximate surface area is 186 Å². The first-order valence-electron chi connectivity index (χ1n) is 10.7. The minimum Gasteiger partial charge on any atom is -0.478 e. The molecule has 8 heteroatoms. The van der Waals surface area contributed by atoms with E-state index < -0.39 is 11.9 Å². The van der Waals surface area contributed by atoms with Gasteiger partial charge in [-0.25, -0.2) is 9.59 Å². The van der Waals surface area contributed by atoms with Crippen molar-refractivity contribution < 1.29 is 24.6 Å². The Morgan fingerprint density at radius 1 is 1.16 bits per heavy atom. The van der Waals surface area contributed by atoms with E-state index in [9.17, 15) is 14.4 Å². The number of carbonyl (C=O) groups excluding carboxylic acids is 1. The number of carboxylic acids is 2. The molecule has 0 saturated heterocycles. The maximum absolute atomic E-state index is 12.9. The van der Waals surface area contributed by atoms with E-state index in [-0.39, 0.29) is 11.8 Å². The highest BCUT2D eigenvalue weighted by atomic mass is 16.4. The number of carbonyl (C=O) groups is 3. The summed E-state index contributed by atoms with van der Waals surface area (Å²) in [5.74, 6) is -2.30. The van der Waals surface area contributed by atoms with Crippen LogP contribution in [0.3, 0.4) is 0 Å². The second kappa shape index (κ2) is 9.82. The molecule has 0 bridgehead atoms. The third-order valence-corrected chi connectivity index (χ3v) is 6.03. The largest absolute Gasteiger partial charge is 0.478 e. The van der Waals surface area contributed by atoms with Crippen LogP contribution in [0, 0.1) is 5.92 Å². The Morgan fingerprint density at radius 2 is 1.81 bits per heavy atom. The lowest BCUT2D eigenvalue weighted by atomic mass is 9.79. The van der Waals surface area contributed by atoms with Crippen LogP contribution in [0.2, 0.25) is 0 Å². The minimum absolute atomic E-state index is 0.0445. The number of nitrogens with zero attached hydrogens (tertiary/aromatic N) is 2. The molecule has 2 atom stereocenters. The summed E-state index contributed by atoms with van der Waals surface area (Å²) >= 11 is 0. The fourth-order valence-corrected chi connectivity index (χ4v) is 4.52. The van der Waals surface area contributed by atoms with E-state index in [1.54, 1.807) is 0 Å². The standard InChI is InChI=1S/C20H25N3O.C4H4O4/c1-4-23(5-2)20(24)14-9-16-15-7-6-8-17-19(15)13(11-21-17)10-18(16)22(3)12-14;5-3(6)1-2-4(7)8/h6-9,11,14,18,21H,4-5,10,12H2,1-3H3;1-2H,(H,5,6)(H,7,8). The third kappa shape index (κ3) is 4.75. The molecule has 1 aliphatic heterocycles.